The SMILES string of the molecule is CCC1(C(=O)O)CCCN1C(=O)N(C)CC1CC1C. The Balaban J connectivity index is 2.06. The van der Waals surface area contributed by atoms with Crippen LogP contribution in [0.25, 0.3) is 0 Å². The number of amides is 2. The molecular weight excluding hydrogens is 244 g/mol. The summed E-state index contributed by atoms with van der Waals surface area (Å²) in [6.07, 6.45) is 3.00. The van der Waals surface area contributed by atoms with Crippen molar-refractivity contribution in [3.63, 3.8) is 0 Å². The van der Waals surface area contributed by atoms with Crippen LogP contribution in [0.4, 0.5) is 4.79 Å². The van der Waals surface area contributed by atoms with Gasteiger partial charge in [-0.05, 0) is 37.5 Å². The van der Waals surface area contributed by atoms with E-state index in [-0.39, 0.29) is 6.03 Å². The second-order valence-electron chi connectivity index (χ2n) is 6.08. The second kappa shape index (κ2) is 5.02. The van der Waals surface area contributed by atoms with E-state index in [2.05, 4.69) is 6.92 Å². The predicted molar refractivity (Wildman–Crippen MR) is 71.9 cm³/mol. The van der Waals surface area contributed by atoms with E-state index in [4.69, 9.17) is 0 Å². The number of rotatable bonds is 4. The molecule has 1 heterocycles. The van der Waals surface area contributed by atoms with Crippen LogP contribution < -0.4 is 0 Å². The molecule has 1 aliphatic heterocycles. The van der Waals surface area contributed by atoms with E-state index < -0.39 is 11.5 Å². The molecule has 0 aromatic heterocycles. The lowest BCUT2D eigenvalue weighted by atomic mass is 9.93. The van der Waals surface area contributed by atoms with Crippen molar-refractivity contribution >= 4 is 12.0 Å². The summed E-state index contributed by atoms with van der Waals surface area (Å²) in [6, 6.07) is -0.124. The zero-order valence-electron chi connectivity index (χ0n) is 12.1. The summed E-state index contributed by atoms with van der Waals surface area (Å²) in [4.78, 5) is 27.3. The van der Waals surface area contributed by atoms with Crippen LogP contribution >= 0.6 is 0 Å². The largest absolute Gasteiger partial charge is 0.479 e. The van der Waals surface area contributed by atoms with Gasteiger partial charge in [0.1, 0.15) is 5.54 Å². The monoisotopic (exact) mass is 268 g/mol. The lowest BCUT2D eigenvalue weighted by Gasteiger charge is -2.36. The van der Waals surface area contributed by atoms with E-state index in [1.54, 1.807) is 16.8 Å². The van der Waals surface area contributed by atoms with Crippen LogP contribution in [0.1, 0.15) is 39.5 Å². The fourth-order valence-electron chi connectivity index (χ4n) is 3.19. The van der Waals surface area contributed by atoms with Gasteiger partial charge in [-0.1, -0.05) is 13.8 Å². The first kappa shape index (κ1) is 14.2. The van der Waals surface area contributed by atoms with E-state index >= 15 is 0 Å². The molecule has 2 fully saturated rings. The highest BCUT2D eigenvalue weighted by Gasteiger charge is 2.49. The maximum Gasteiger partial charge on any atom is 0.329 e. The predicted octanol–water partition coefficient (Wildman–Crippen LogP) is 2.02. The summed E-state index contributed by atoms with van der Waals surface area (Å²) in [5.41, 5.74) is -0.986. The molecule has 5 heteroatoms. The fraction of sp³-hybridized carbons (Fsp3) is 0.857. The normalized spacial score (nSPS) is 33.3. The minimum Gasteiger partial charge on any atom is -0.479 e. The number of urea groups is 1. The number of carboxylic acid groups (broad SMARTS) is 1. The Labute approximate surface area is 114 Å². The van der Waals surface area contributed by atoms with Gasteiger partial charge in [0.2, 0.25) is 0 Å². The topological polar surface area (TPSA) is 60.9 Å². The van der Waals surface area contributed by atoms with Crippen LogP contribution in [0, 0.1) is 11.8 Å². The molecule has 2 amide bonds. The van der Waals surface area contributed by atoms with E-state index in [1.165, 1.54) is 6.42 Å². The van der Waals surface area contributed by atoms with Gasteiger partial charge in [0.25, 0.3) is 0 Å². The molecule has 2 aliphatic rings. The van der Waals surface area contributed by atoms with Gasteiger partial charge in [0, 0.05) is 20.1 Å². The van der Waals surface area contributed by atoms with Gasteiger partial charge in [-0.3, -0.25) is 0 Å². The molecule has 0 radical (unpaired) electrons. The lowest BCUT2D eigenvalue weighted by Crippen LogP contribution is -2.56. The molecule has 1 aliphatic carbocycles. The Kier molecular flexibility index (Phi) is 3.74. The molecule has 19 heavy (non-hydrogen) atoms. The van der Waals surface area contributed by atoms with Crippen LogP contribution in [0.15, 0.2) is 0 Å². The second-order valence-corrected chi connectivity index (χ2v) is 6.08. The van der Waals surface area contributed by atoms with Crippen molar-refractivity contribution in [3.05, 3.63) is 0 Å². The van der Waals surface area contributed by atoms with Gasteiger partial charge >= 0.3 is 12.0 Å². The number of carbonyl (C=O) groups is 2. The van der Waals surface area contributed by atoms with Crippen LogP contribution in [0.5, 0.6) is 0 Å². The lowest BCUT2D eigenvalue weighted by molar-refractivity contribution is -0.148. The van der Waals surface area contributed by atoms with Crippen LogP contribution in [-0.2, 0) is 4.79 Å². The zero-order chi connectivity index (χ0) is 14.2. The number of hydrogen-bond donors (Lipinski definition) is 1. The van der Waals surface area contributed by atoms with E-state index in [0.717, 1.165) is 13.0 Å². The highest BCUT2D eigenvalue weighted by molar-refractivity contribution is 5.87. The Morgan fingerprint density at radius 1 is 1.47 bits per heavy atom. The zero-order valence-corrected chi connectivity index (χ0v) is 12.1. The van der Waals surface area contributed by atoms with Gasteiger partial charge in [0.05, 0.1) is 0 Å². The molecular formula is C14H24N2O3. The van der Waals surface area contributed by atoms with E-state index in [9.17, 15) is 14.7 Å². The van der Waals surface area contributed by atoms with E-state index in [1.807, 2.05) is 6.92 Å². The van der Waals surface area contributed by atoms with Gasteiger partial charge in [0.15, 0.2) is 0 Å². The number of nitrogens with zero attached hydrogens (tertiary/aromatic N) is 2. The number of hydrogen-bond acceptors (Lipinski definition) is 2. The molecule has 0 bridgehead atoms. The highest BCUT2D eigenvalue weighted by Crippen LogP contribution is 2.39. The molecule has 1 saturated carbocycles. The summed E-state index contributed by atoms with van der Waals surface area (Å²) in [5.74, 6) is 0.427. The average Bonchev–Trinajstić information content (AvgIpc) is 2.92. The van der Waals surface area contributed by atoms with Gasteiger partial charge in [-0.2, -0.15) is 0 Å². The molecule has 2 rings (SSSR count). The van der Waals surface area contributed by atoms with Gasteiger partial charge in [-0.15, -0.1) is 0 Å². The van der Waals surface area contributed by atoms with Crippen LogP contribution in [0.3, 0.4) is 0 Å². The first-order valence-corrected chi connectivity index (χ1v) is 7.18. The smallest absolute Gasteiger partial charge is 0.329 e. The first-order chi connectivity index (χ1) is 8.92. The molecule has 5 nitrogen and oxygen atoms in total. The van der Waals surface area contributed by atoms with Crippen LogP contribution in [-0.4, -0.2) is 52.6 Å². The summed E-state index contributed by atoms with van der Waals surface area (Å²) in [6.45, 7) is 5.34. The molecule has 0 spiro atoms. The Hall–Kier alpha value is -1.26. The summed E-state index contributed by atoms with van der Waals surface area (Å²) in [7, 11) is 1.79. The van der Waals surface area contributed by atoms with Crippen molar-refractivity contribution in [1.29, 1.82) is 0 Å². The van der Waals surface area contributed by atoms with E-state index in [0.29, 0.717) is 31.2 Å². The summed E-state index contributed by atoms with van der Waals surface area (Å²) >= 11 is 0. The Bertz CT molecular complexity index is 385. The minimum atomic E-state index is -0.986. The first-order valence-electron chi connectivity index (χ1n) is 7.18. The standard InChI is InChI=1S/C14H24N2O3/c1-4-14(12(17)18)6-5-7-16(14)13(19)15(3)9-11-8-10(11)2/h10-11H,4-9H2,1-3H3,(H,17,18). The number of aliphatic carboxylic acids is 1. The maximum absolute atomic E-state index is 12.5. The van der Waals surface area contributed by atoms with Crippen molar-refractivity contribution in [1.82, 2.24) is 9.80 Å². The molecule has 1 saturated heterocycles. The maximum atomic E-state index is 12.5. The van der Waals surface area contributed by atoms with Crippen molar-refractivity contribution in [2.24, 2.45) is 11.8 Å². The molecule has 0 aromatic carbocycles. The van der Waals surface area contributed by atoms with Crippen molar-refractivity contribution in [3.8, 4) is 0 Å². The number of likely N-dealkylation sites (tertiary alicyclic amines) is 1. The quantitative estimate of drug-likeness (QED) is 0.848. The molecule has 3 atom stereocenters. The Morgan fingerprint density at radius 2 is 2.11 bits per heavy atom. The van der Waals surface area contributed by atoms with Gasteiger partial charge < -0.3 is 14.9 Å². The molecule has 1 N–H and O–H groups in total. The number of carbonyl (C=O) groups excluding carboxylic acids is 1. The highest BCUT2D eigenvalue weighted by atomic mass is 16.4. The van der Waals surface area contributed by atoms with Crippen molar-refractivity contribution in [2.45, 2.75) is 45.1 Å². The minimum absolute atomic E-state index is 0.124. The van der Waals surface area contributed by atoms with Crippen LogP contribution in [0.2, 0.25) is 0 Å². The summed E-state index contributed by atoms with van der Waals surface area (Å²) in [5, 5.41) is 9.49. The van der Waals surface area contributed by atoms with Crippen molar-refractivity contribution < 1.29 is 14.7 Å². The third-order valence-electron chi connectivity index (χ3n) is 4.81. The fourth-order valence-corrected chi connectivity index (χ4v) is 3.19. The number of carboxylic acids is 1. The molecule has 3 unspecified atom stereocenters. The third kappa shape index (κ3) is 2.42. The summed E-state index contributed by atoms with van der Waals surface area (Å²) < 4.78 is 0. The molecule has 0 aromatic rings. The average molecular weight is 268 g/mol. The van der Waals surface area contributed by atoms with Gasteiger partial charge in [-0.25, -0.2) is 9.59 Å². The third-order valence-corrected chi connectivity index (χ3v) is 4.81. The molecule has 108 valence electrons. The van der Waals surface area contributed by atoms with Crippen molar-refractivity contribution in [2.75, 3.05) is 20.1 Å². The Morgan fingerprint density at radius 3 is 2.58 bits per heavy atom.